The van der Waals surface area contributed by atoms with Crippen molar-refractivity contribution in [3.63, 3.8) is 0 Å². The lowest BCUT2D eigenvalue weighted by Gasteiger charge is -2.15. The summed E-state index contributed by atoms with van der Waals surface area (Å²) in [6.45, 7) is 4.83. The molecule has 0 aromatic heterocycles. The minimum Gasteiger partial charge on any atom is -0.385 e. The number of rotatable bonds is 6. The predicted molar refractivity (Wildman–Crippen MR) is 74.8 cm³/mol. The van der Waals surface area contributed by atoms with E-state index in [9.17, 15) is 0 Å². The maximum atomic E-state index is 5.90. The zero-order valence-corrected chi connectivity index (χ0v) is 11.0. The number of anilines is 1. The smallest absolute Gasteiger partial charge is 0.0494 e. The van der Waals surface area contributed by atoms with Gasteiger partial charge in [-0.05, 0) is 50.5 Å². The quantitative estimate of drug-likeness (QED) is 0.617. The first-order valence-corrected chi connectivity index (χ1v) is 7.03. The molecule has 1 heterocycles. The second kappa shape index (κ2) is 6.87. The van der Waals surface area contributed by atoms with Gasteiger partial charge in [-0.25, -0.2) is 0 Å². The monoisotopic (exact) mass is 252 g/mol. The minimum absolute atomic E-state index is 0.579. The maximum absolute atomic E-state index is 5.90. The molecule has 0 amide bonds. The van der Waals surface area contributed by atoms with Crippen LogP contribution >= 0.6 is 11.6 Å². The van der Waals surface area contributed by atoms with Crippen molar-refractivity contribution < 1.29 is 0 Å². The average Bonchev–Trinajstić information content (AvgIpc) is 2.88. The fourth-order valence-electron chi connectivity index (χ4n) is 2.34. The highest BCUT2D eigenvalue weighted by Gasteiger charge is 2.10. The Bertz CT molecular complexity index is 335. The van der Waals surface area contributed by atoms with Crippen LogP contribution in [0.1, 0.15) is 24.8 Å². The van der Waals surface area contributed by atoms with Crippen molar-refractivity contribution in [3.05, 3.63) is 29.8 Å². The number of nitrogens with one attached hydrogen (secondary N) is 1. The average molecular weight is 253 g/mol. The molecule has 0 unspecified atom stereocenters. The molecule has 0 atom stereocenters. The van der Waals surface area contributed by atoms with Gasteiger partial charge in [0.25, 0.3) is 0 Å². The summed E-state index contributed by atoms with van der Waals surface area (Å²) in [5, 5.41) is 3.48. The molecule has 0 spiro atoms. The molecule has 1 saturated heterocycles. The van der Waals surface area contributed by atoms with Gasteiger partial charge in [0.1, 0.15) is 0 Å². The molecule has 1 aliphatic heterocycles. The van der Waals surface area contributed by atoms with Crippen molar-refractivity contribution in [2.75, 3.05) is 31.5 Å². The van der Waals surface area contributed by atoms with Gasteiger partial charge >= 0.3 is 0 Å². The molecule has 1 aromatic carbocycles. The van der Waals surface area contributed by atoms with Crippen molar-refractivity contribution in [2.45, 2.75) is 25.1 Å². The van der Waals surface area contributed by atoms with Crippen LogP contribution in [0.25, 0.3) is 0 Å². The molecule has 17 heavy (non-hydrogen) atoms. The molecule has 0 aliphatic carbocycles. The summed E-state index contributed by atoms with van der Waals surface area (Å²) in [7, 11) is 0. The highest BCUT2D eigenvalue weighted by atomic mass is 35.5. The summed E-state index contributed by atoms with van der Waals surface area (Å²) in [5.74, 6) is 0.579. The van der Waals surface area contributed by atoms with Gasteiger partial charge in [-0.2, -0.15) is 0 Å². The van der Waals surface area contributed by atoms with Crippen molar-refractivity contribution in [1.82, 2.24) is 4.90 Å². The lowest BCUT2D eigenvalue weighted by Crippen LogP contribution is -2.22. The Morgan fingerprint density at radius 1 is 1.18 bits per heavy atom. The van der Waals surface area contributed by atoms with Crippen LogP contribution in [0.4, 0.5) is 5.69 Å². The number of alkyl halides is 1. The molecule has 2 rings (SSSR count). The third-order valence-corrected chi connectivity index (χ3v) is 3.61. The molecular weight excluding hydrogens is 232 g/mol. The minimum atomic E-state index is 0.579. The molecule has 1 aliphatic rings. The Morgan fingerprint density at radius 2 is 1.94 bits per heavy atom. The van der Waals surface area contributed by atoms with Gasteiger partial charge in [0.05, 0.1) is 0 Å². The third kappa shape index (κ3) is 3.90. The Morgan fingerprint density at radius 3 is 2.71 bits per heavy atom. The second-order valence-electron chi connectivity index (χ2n) is 4.62. The van der Waals surface area contributed by atoms with Crippen LogP contribution in [0.5, 0.6) is 0 Å². The van der Waals surface area contributed by atoms with Crippen molar-refractivity contribution in [1.29, 1.82) is 0 Å². The molecule has 1 aromatic rings. The van der Waals surface area contributed by atoms with E-state index in [1.807, 2.05) is 6.07 Å². The van der Waals surface area contributed by atoms with Gasteiger partial charge in [0.15, 0.2) is 0 Å². The number of halogens is 1. The van der Waals surface area contributed by atoms with E-state index in [2.05, 4.69) is 28.4 Å². The first kappa shape index (κ1) is 12.7. The van der Waals surface area contributed by atoms with Crippen LogP contribution in [-0.4, -0.2) is 31.1 Å². The topological polar surface area (TPSA) is 15.3 Å². The summed E-state index contributed by atoms with van der Waals surface area (Å²) < 4.78 is 0. The highest BCUT2D eigenvalue weighted by Crippen LogP contribution is 2.17. The summed E-state index contributed by atoms with van der Waals surface area (Å²) in [6.07, 6.45) is 3.96. The fraction of sp³-hybridized carbons (Fsp3) is 0.571. The van der Waals surface area contributed by atoms with E-state index >= 15 is 0 Å². The predicted octanol–water partition coefficient (Wildman–Crippen LogP) is 3.32. The molecule has 2 nitrogen and oxygen atoms in total. The largest absolute Gasteiger partial charge is 0.385 e. The standard InChI is InChI=1S/C14H21ClN2/c15-12-13-6-1-2-7-14(13)16-8-5-11-17-9-3-4-10-17/h1-2,6-7,16H,3-5,8-12H2. The van der Waals surface area contributed by atoms with E-state index in [4.69, 9.17) is 11.6 Å². The van der Waals surface area contributed by atoms with Gasteiger partial charge < -0.3 is 10.2 Å². The summed E-state index contributed by atoms with van der Waals surface area (Å²) in [6, 6.07) is 8.27. The molecule has 3 heteroatoms. The summed E-state index contributed by atoms with van der Waals surface area (Å²) in [5.41, 5.74) is 2.37. The van der Waals surface area contributed by atoms with E-state index < -0.39 is 0 Å². The zero-order chi connectivity index (χ0) is 11.9. The lowest BCUT2D eigenvalue weighted by molar-refractivity contribution is 0.337. The van der Waals surface area contributed by atoms with Gasteiger partial charge in [0, 0.05) is 18.1 Å². The van der Waals surface area contributed by atoms with Gasteiger partial charge in [-0.1, -0.05) is 18.2 Å². The van der Waals surface area contributed by atoms with Gasteiger partial charge in [-0.3, -0.25) is 0 Å². The third-order valence-electron chi connectivity index (χ3n) is 3.33. The van der Waals surface area contributed by atoms with Crippen LogP contribution in [0.15, 0.2) is 24.3 Å². The molecule has 0 bridgehead atoms. The molecule has 0 saturated carbocycles. The van der Waals surface area contributed by atoms with E-state index in [1.165, 1.54) is 50.1 Å². The summed E-state index contributed by atoms with van der Waals surface area (Å²) in [4.78, 5) is 2.55. The molecular formula is C14H21ClN2. The first-order valence-electron chi connectivity index (χ1n) is 6.50. The number of para-hydroxylation sites is 1. The van der Waals surface area contributed by atoms with Crippen molar-refractivity contribution >= 4 is 17.3 Å². The zero-order valence-electron chi connectivity index (χ0n) is 10.3. The molecule has 1 fully saturated rings. The van der Waals surface area contributed by atoms with Crippen LogP contribution in [0, 0.1) is 0 Å². The molecule has 0 radical (unpaired) electrons. The van der Waals surface area contributed by atoms with E-state index in [-0.39, 0.29) is 0 Å². The number of likely N-dealkylation sites (tertiary alicyclic amines) is 1. The van der Waals surface area contributed by atoms with Crippen molar-refractivity contribution in [3.8, 4) is 0 Å². The van der Waals surface area contributed by atoms with Crippen molar-refractivity contribution in [2.24, 2.45) is 0 Å². The molecule has 94 valence electrons. The Kier molecular flexibility index (Phi) is 5.14. The Labute approximate surface area is 109 Å². The van der Waals surface area contributed by atoms with Crippen LogP contribution in [0.3, 0.4) is 0 Å². The number of nitrogens with zero attached hydrogens (tertiary/aromatic N) is 1. The van der Waals surface area contributed by atoms with Crippen LogP contribution in [0.2, 0.25) is 0 Å². The first-order chi connectivity index (χ1) is 8.40. The van der Waals surface area contributed by atoms with Gasteiger partial charge in [0.2, 0.25) is 0 Å². The highest BCUT2D eigenvalue weighted by molar-refractivity contribution is 6.17. The lowest BCUT2D eigenvalue weighted by atomic mass is 10.2. The Hall–Kier alpha value is -0.730. The number of hydrogen-bond acceptors (Lipinski definition) is 2. The van der Waals surface area contributed by atoms with E-state index in [0.717, 1.165) is 6.54 Å². The van der Waals surface area contributed by atoms with E-state index in [0.29, 0.717) is 5.88 Å². The number of hydrogen-bond donors (Lipinski definition) is 1. The second-order valence-corrected chi connectivity index (χ2v) is 4.89. The van der Waals surface area contributed by atoms with Crippen LogP contribution in [-0.2, 0) is 5.88 Å². The van der Waals surface area contributed by atoms with Crippen LogP contribution < -0.4 is 5.32 Å². The summed E-state index contributed by atoms with van der Waals surface area (Å²) >= 11 is 5.90. The molecule has 1 N–H and O–H groups in total. The number of benzene rings is 1. The normalized spacial score (nSPS) is 16.3. The maximum Gasteiger partial charge on any atom is 0.0494 e. The fourth-order valence-corrected chi connectivity index (χ4v) is 2.57. The van der Waals surface area contributed by atoms with E-state index in [1.54, 1.807) is 0 Å². The van der Waals surface area contributed by atoms with Gasteiger partial charge in [-0.15, -0.1) is 11.6 Å². The Balaban J connectivity index is 1.70. The SMILES string of the molecule is ClCc1ccccc1NCCCN1CCCC1.